The van der Waals surface area contributed by atoms with Crippen LogP contribution in [0.4, 0.5) is 0 Å². The Labute approximate surface area is 63.8 Å². The molecule has 0 bridgehead atoms. The van der Waals surface area contributed by atoms with Gasteiger partial charge in [0.2, 0.25) is 0 Å². The van der Waals surface area contributed by atoms with Crippen LogP contribution in [0, 0.1) is 22.7 Å². The molecule has 0 N–H and O–H groups in total. The maximum Gasteiger partial charge on any atom is 0.133 e. The number of hydrogen-bond acceptors (Lipinski definition) is 3. The van der Waals surface area contributed by atoms with Crippen molar-refractivity contribution in [1.82, 2.24) is 0 Å². The molecule has 1 aromatic rings. The zero-order chi connectivity index (χ0) is 8.10. The third kappa shape index (κ3) is 1.70. The maximum atomic E-state index is 8.34. The van der Waals surface area contributed by atoms with Crippen molar-refractivity contribution in [3.05, 3.63) is 29.7 Å². The van der Waals surface area contributed by atoms with Gasteiger partial charge < -0.3 is 4.42 Å². The van der Waals surface area contributed by atoms with Gasteiger partial charge in [0.25, 0.3) is 0 Å². The fourth-order valence-corrected chi connectivity index (χ4v) is 0.605. The van der Waals surface area contributed by atoms with Crippen LogP contribution in [0.3, 0.4) is 0 Å². The van der Waals surface area contributed by atoms with Gasteiger partial charge in [-0.1, -0.05) is 0 Å². The molecule has 11 heavy (non-hydrogen) atoms. The van der Waals surface area contributed by atoms with Gasteiger partial charge in [0, 0.05) is 6.08 Å². The predicted molar refractivity (Wildman–Crippen MR) is 37.9 cm³/mol. The van der Waals surface area contributed by atoms with Crippen molar-refractivity contribution < 1.29 is 4.42 Å². The number of hydrogen-bond donors (Lipinski definition) is 0. The Morgan fingerprint density at radius 2 is 2.18 bits per heavy atom. The summed E-state index contributed by atoms with van der Waals surface area (Å²) in [5, 5.41) is 16.7. The van der Waals surface area contributed by atoms with Gasteiger partial charge >= 0.3 is 0 Å². The summed E-state index contributed by atoms with van der Waals surface area (Å²) in [7, 11) is 0. The summed E-state index contributed by atoms with van der Waals surface area (Å²) in [5.41, 5.74) is 0.0416. The van der Waals surface area contributed by atoms with E-state index in [0.717, 1.165) is 0 Å². The molecule has 1 heterocycles. The fraction of sp³-hybridized carbons (Fsp3) is 0. The van der Waals surface area contributed by atoms with E-state index in [4.69, 9.17) is 14.9 Å². The van der Waals surface area contributed by atoms with Crippen molar-refractivity contribution in [2.45, 2.75) is 0 Å². The van der Waals surface area contributed by atoms with Crippen molar-refractivity contribution in [3.63, 3.8) is 0 Å². The number of furan rings is 1. The van der Waals surface area contributed by atoms with Crippen molar-refractivity contribution in [1.29, 1.82) is 10.5 Å². The molecule has 3 nitrogen and oxygen atoms in total. The van der Waals surface area contributed by atoms with Crippen molar-refractivity contribution in [2.75, 3.05) is 0 Å². The van der Waals surface area contributed by atoms with Gasteiger partial charge in [0.15, 0.2) is 0 Å². The van der Waals surface area contributed by atoms with Crippen LogP contribution in [0.25, 0.3) is 6.08 Å². The lowest BCUT2D eigenvalue weighted by Gasteiger charge is -1.80. The van der Waals surface area contributed by atoms with Crippen LogP contribution >= 0.6 is 0 Å². The van der Waals surface area contributed by atoms with Crippen LogP contribution < -0.4 is 0 Å². The predicted octanol–water partition coefficient (Wildman–Crippen LogP) is 1.71. The summed E-state index contributed by atoms with van der Waals surface area (Å²) in [5.74, 6) is 0.517. The van der Waals surface area contributed by atoms with Crippen molar-refractivity contribution >= 4 is 6.08 Å². The first kappa shape index (κ1) is 7.11. The van der Waals surface area contributed by atoms with Gasteiger partial charge in [-0.25, -0.2) is 0 Å². The van der Waals surface area contributed by atoms with Gasteiger partial charge in [0.1, 0.15) is 23.5 Å². The van der Waals surface area contributed by atoms with E-state index < -0.39 is 0 Å². The van der Waals surface area contributed by atoms with E-state index in [-0.39, 0.29) is 5.57 Å². The van der Waals surface area contributed by atoms with E-state index in [1.165, 1.54) is 12.3 Å². The smallest absolute Gasteiger partial charge is 0.133 e. The molecule has 52 valence electrons. The molecule has 3 heteroatoms. The van der Waals surface area contributed by atoms with Crippen LogP contribution in [0.2, 0.25) is 0 Å². The molecule has 0 saturated heterocycles. The molecule has 0 aromatic carbocycles. The third-order valence-electron chi connectivity index (χ3n) is 1.07. The largest absolute Gasteiger partial charge is 0.465 e. The first-order valence-electron chi connectivity index (χ1n) is 2.92. The molecule has 0 spiro atoms. The van der Waals surface area contributed by atoms with E-state index in [0.29, 0.717) is 5.76 Å². The fourth-order valence-electron chi connectivity index (χ4n) is 0.605. The van der Waals surface area contributed by atoms with Gasteiger partial charge in [0.05, 0.1) is 6.26 Å². The molecule has 0 atom stereocenters. The second kappa shape index (κ2) is 3.24. The molecule has 0 aliphatic carbocycles. The highest BCUT2D eigenvalue weighted by Gasteiger charge is 1.94. The second-order valence-electron chi connectivity index (χ2n) is 1.80. The summed E-state index contributed by atoms with van der Waals surface area (Å²) in [6.07, 6.45) is 2.87. The van der Waals surface area contributed by atoms with Crippen LogP contribution in [0.15, 0.2) is 28.4 Å². The highest BCUT2D eigenvalue weighted by molar-refractivity contribution is 5.58. The minimum absolute atomic E-state index is 0.0416. The number of nitrogens with zero attached hydrogens (tertiary/aromatic N) is 2. The van der Waals surface area contributed by atoms with Gasteiger partial charge in [-0.3, -0.25) is 0 Å². The summed E-state index contributed by atoms with van der Waals surface area (Å²) in [4.78, 5) is 0. The quantitative estimate of drug-likeness (QED) is 0.563. The lowest BCUT2D eigenvalue weighted by Crippen LogP contribution is -1.69. The first-order chi connectivity index (χ1) is 5.36. The highest BCUT2D eigenvalue weighted by Crippen LogP contribution is 2.05. The third-order valence-corrected chi connectivity index (χ3v) is 1.07. The summed E-state index contributed by atoms with van der Waals surface area (Å²) >= 11 is 0. The standard InChI is InChI=1S/C8H4N2O/c9-5-7(6-10)4-8-2-1-3-11-8/h1-4H. The Hall–Kier alpha value is -2.00. The molecule has 0 fully saturated rings. The summed E-state index contributed by atoms with van der Waals surface area (Å²) < 4.78 is 4.89. The first-order valence-corrected chi connectivity index (χ1v) is 2.92. The topological polar surface area (TPSA) is 60.7 Å². The Bertz CT molecular complexity index is 319. The lowest BCUT2D eigenvalue weighted by atomic mass is 10.3. The highest BCUT2D eigenvalue weighted by atomic mass is 16.3. The number of nitriles is 2. The van der Waals surface area contributed by atoms with E-state index >= 15 is 0 Å². The monoisotopic (exact) mass is 144 g/mol. The van der Waals surface area contributed by atoms with Crippen molar-refractivity contribution in [3.8, 4) is 12.1 Å². The molecule has 0 aliphatic heterocycles. The van der Waals surface area contributed by atoms with Crippen molar-refractivity contribution in [2.24, 2.45) is 0 Å². The zero-order valence-electron chi connectivity index (χ0n) is 5.61. The van der Waals surface area contributed by atoms with Crippen LogP contribution in [-0.2, 0) is 0 Å². The molecular formula is C8H4N2O. The van der Waals surface area contributed by atoms with E-state index in [1.807, 2.05) is 0 Å². The van der Waals surface area contributed by atoms with Gasteiger partial charge in [-0.15, -0.1) is 0 Å². The Kier molecular flexibility index (Phi) is 2.09. The second-order valence-corrected chi connectivity index (χ2v) is 1.80. The number of rotatable bonds is 1. The molecule has 0 aliphatic rings. The Morgan fingerprint density at radius 1 is 1.45 bits per heavy atom. The summed E-state index contributed by atoms with van der Waals surface area (Å²) in [6.45, 7) is 0. The van der Waals surface area contributed by atoms with Crippen LogP contribution in [0.1, 0.15) is 5.76 Å². The normalized spacial score (nSPS) is 7.82. The SMILES string of the molecule is N#CC(C#N)=Cc1ccco1. The van der Waals surface area contributed by atoms with E-state index in [2.05, 4.69) is 0 Å². The Balaban J connectivity index is 2.93. The van der Waals surface area contributed by atoms with Crippen LogP contribution in [0.5, 0.6) is 0 Å². The minimum atomic E-state index is 0.0416. The van der Waals surface area contributed by atoms with Gasteiger partial charge in [-0.05, 0) is 12.1 Å². The maximum absolute atomic E-state index is 8.34. The van der Waals surface area contributed by atoms with Crippen LogP contribution in [-0.4, -0.2) is 0 Å². The molecule has 0 unspecified atom stereocenters. The minimum Gasteiger partial charge on any atom is -0.465 e. The number of allylic oxidation sites excluding steroid dienone is 1. The molecule has 1 aromatic heterocycles. The average Bonchev–Trinajstić information content (AvgIpc) is 2.52. The van der Waals surface area contributed by atoms with E-state index in [1.54, 1.807) is 24.3 Å². The molecule has 0 saturated carbocycles. The van der Waals surface area contributed by atoms with E-state index in [9.17, 15) is 0 Å². The lowest BCUT2D eigenvalue weighted by molar-refractivity contribution is 0.557. The summed E-state index contributed by atoms with van der Waals surface area (Å²) in [6, 6.07) is 6.83. The van der Waals surface area contributed by atoms with Gasteiger partial charge in [-0.2, -0.15) is 10.5 Å². The Morgan fingerprint density at radius 3 is 2.64 bits per heavy atom. The molecule has 0 radical (unpaired) electrons. The zero-order valence-corrected chi connectivity index (χ0v) is 5.61. The molecular weight excluding hydrogens is 140 g/mol. The average molecular weight is 144 g/mol. The molecule has 0 amide bonds. The molecule has 1 rings (SSSR count).